The molecule has 0 radical (unpaired) electrons. The lowest BCUT2D eigenvalue weighted by Crippen LogP contribution is -2.25. The van der Waals surface area contributed by atoms with Gasteiger partial charge in [-0.05, 0) is 95.9 Å². The minimum absolute atomic E-state index is 0.516. The van der Waals surface area contributed by atoms with E-state index in [4.69, 9.17) is 9.40 Å². The van der Waals surface area contributed by atoms with E-state index in [0.717, 1.165) is 27.6 Å². The number of fused-ring (bicyclic) bond motifs is 15. The average molecular weight is 660 g/mol. The van der Waals surface area contributed by atoms with Crippen LogP contribution in [0.25, 0.3) is 88.1 Å². The molecule has 2 heterocycles. The van der Waals surface area contributed by atoms with Crippen molar-refractivity contribution in [1.82, 2.24) is 4.98 Å². The molecule has 0 saturated heterocycles. The first kappa shape index (κ1) is 28.0. The molecule has 0 N–H and O–H groups in total. The third-order valence-corrected chi connectivity index (χ3v) is 11.7. The van der Waals surface area contributed by atoms with Gasteiger partial charge in [-0.15, -0.1) is 0 Å². The first-order chi connectivity index (χ1) is 25.8. The average Bonchev–Trinajstić information content (AvgIpc) is 3.83. The lowest BCUT2D eigenvalue weighted by molar-refractivity contribution is 0.669. The van der Waals surface area contributed by atoms with Gasteiger partial charge in [-0.3, -0.25) is 4.98 Å². The molecule has 0 aliphatic heterocycles. The maximum atomic E-state index is 6.47. The van der Waals surface area contributed by atoms with Gasteiger partial charge >= 0.3 is 0 Å². The number of nitrogens with zero attached hydrogens (tertiary/aromatic N) is 1. The van der Waals surface area contributed by atoms with E-state index < -0.39 is 5.41 Å². The monoisotopic (exact) mass is 659 g/mol. The lowest BCUT2D eigenvalue weighted by atomic mass is 9.70. The highest BCUT2D eigenvalue weighted by atomic mass is 16.3. The van der Waals surface area contributed by atoms with Gasteiger partial charge in [0.15, 0.2) is 0 Å². The zero-order valence-corrected chi connectivity index (χ0v) is 28.1. The quantitative estimate of drug-likeness (QED) is 0.173. The fraction of sp³-hybridized carbons (Fsp3) is 0.0200. The number of furan rings is 1. The Hall–Kier alpha value is -6.77. The molecule has 10 aromatic rings. The third kappa shape index (κ3) is 3.42. The highest BCUT2D eigenvalue weighted by Crippen LogP contribution is 2.64. The molecule has 2 nitrogen and oxygen atoms in total. The highest BCUT2D eigenvalue weighted by molar-refractivity contribution is 6.22. The first-order valence-corrected chi connectivity index (χ1v) is 18.0. The Labute approximate surface area is 300 Å². The summed E-state index contributed by atoms with van der Waals surface area (Å²) in [5.41, 5.74) is 16.1. The molecule has 12 rings (SSSR count). The fourth-order valence-electron chi connectivity index (χ4n) is 9.78. The van der Waals surface area contributed by atoms with Crippen LogP contribution in [0.3, 0.4) is 0 Å². The van der Waals surface area contributed by atoms with E-state index in [-0.39, 0.29) is 0 Å². The van der Waals surface area contributed by atoms with E-state index in [9.17, 15) is 0 Å². The number of para-hydroxylation sites is 1. The van der Waals surface area contributed by atoms with Crippen molar-refractivity contribution in [2.24, 2.45) is 0 Å². The smallest absolute Gasteiger partial charge is 0.136 e. The lowest BCUT2D eigenvalue weighted by Gasteiger charge is -2.30. The van der Waals surface area contributed by atoms with Crippen LogP contribution in [0.15, 0.2) is 180 Å². The summed E-state index contributed by atoms with van der Waals surface area (Å²) in [6.07, 6.45) is 2.04. The second-order valence-corrected chi connectivity index (χ2v) is 14.1. The molecule has 0 bridgehead atoms. The zero-order valence-electron chi connectivity index (χ0n) is 28.1. The van der Waals surface area contributed by atoms with E-state index in [0.29, 0.717) is 0 Å². The summed E-state index contributed by atoms with van der Waals surface area (Å²) in [7, 11) is 0. The molecule has 240 valence electrons. The minimum Gasteiger partial charge on any atom is -0.456 e. The van der Waals surface area contributed by atoms with Gasteiger partial charge in [0, 0.05) is 28.1 Å². The molecule has 0 amide bonds. The number of aromatic nitrogens is 1. The first-order valence-electron chi connectivity index (χ1n) is 18.0. The summed E-state index contributed by atoms with van der Waals surface area (Å²) in [5.74, 6) is 0. The van der Waals surface area contributed by atoms with E-state index >= 15 is 0 Å². The molecule has 2 heteroatoms. The summed E-state index contributed by atoms with van der Waals surface area (Å²) in [4.78, 5) is 5.36. The van der Waals surface area contributed by atoms with Crippen molar-refractivity contribution in [3.05, 3.63) is 198 Å². The van der Waals surface area contributed by atoms with Gasteiger partial charge in [0.05, 0.1) is 11.1 Å². The number of pyridine rings is 1. The van der Waals surface area contributed by atoms with Crippen LogP contribution in [-0.4, -0.2) is 4.98 Å². The van der Waals surface area contributed by atoms with E-state index in [1.54, 1.807) is 0 Å². The van der Waals surface area contributed by atoms with E-state index in [2.05, 4.69) is 164 Å². The fourth-order valence-corrected chi connectivity index (χ4v) is 9.78. The van der Waals surface area contributed by atoms with Crippen molar-refractivity contribution < 1.29 is 4.42 Å². The Balaban J connectivity index is 1.24. The van der Waals surface area contributed by atoms with Crippen molar-refractivity contribution in [3.8, 4) is 44.6 Å². The number of hydrogen-bond donors (Lipinski definition) is 0. The summed E-state index contributed by atoms with van der Waals surface area (Å²) >= 11 is 0. The predicted molar refractivity (Wildman–Crippen MR) is 214 cm³/mol. The Bertz CT molecular complexity index is 3080. The molecule has 2 aliphatic rings. The molecule has 2 aromatic heterocycles. The normalized spacial score (nSPS) is 15.4. The maximum absolute atomic E-state index is 6.47. The van der Waals surface area contributed by atoms with Crippen LogP contribution in [0.1, 0.15) is 22.3 Å². The Morgan fingerprint density at radius 2 is 0.942 bits per heavy atom. The zero-order chi connectivity index (χ0) is 34.0. The summed E-state index contributed by atoms with van der Waals surface area (Å²) in [6, 6.07) is 61.9. The second kappa shape index (κ2) is 10.2. The molecule has 2 aliphatic carbocycles. The second-order valence-electron chi connectivity index (χ2n) is 14.1. The van der Waals surface area contributed by atoms with Gasteiger partial charge in [0.2, 0.25) is 0 Å². The van der Waals surface area contributed by atoms with Crippen molar-refractivity contribution in [1.29, 1.82) is 0 Å². The van der Waals surface area contributed by atoms with Crippen LogP contribution in [0.5, 0.6) is 0 Å². The SMILES string of the molecule is c1ccc(-c2c3ccccc3c(-c3nccc4c3-c3ccccc3C43c4ccccc4-c4cc5oc6ccccc6c5cc43)c3ccccc23)cc1. The molecule has 8 aromatic carbocycles. The van der Waals surface area contributed by atoms with Crippen LogP contribution in [0.4, 0.5) is 0 Å². The van der Waals surface area contributed by atoms with Gasteiger partial charge in [-0.1, -0.05) is 146 Å². The van der Waals surface area contributed by atoms with Crippen LogP contribution < -0.4 is 0 Å². The molecule has 0 fully saturated rings. The number of hydrogen-bond acceptors (Lipinski definition) is 2. The number of rotatable bonds is 2. The van der Waals surface area contributed by atoms with Gasteiger partial charge in [0.1, 0.15) is 11.2 Å². The third-order valence-electron chi connectivity index (χ3n) is 11.7. The number of benzene rings is 8. The molecule has 1 spiro atoms. The molecule has 1 unspecified atom stereocenters. The van der Waals surface area contributed by atoms with E-state index in [1.807, 2.05) is 12.3 Å². The van der Waals surface area contributed by atoms with Crippen molar-refractivity contribution >= 4 is 43.5 Å². The van der Waals surface area contributed by atoms with Crippen LogP contribution in [-0.2, 0) is 5.41 Å². The molecule has 52 heavy (non-hydrogen) atoms. The molecular formula is C50H29NO. The van der Waals surface area contributed by atoms with Gasteiger partial charge in [-0.25, -0.2) is 0 Å². The Morgan fingerprint density at radius 1 is 0.365 bits per heavy atom. The van der Waals surface area contributed by atoms with Gasteiger partial charge < -0.3 is 4.42 Å². The minimum atomic E-state index is -0.516. The Kier molecular flexibility index (Phi) is 5.46. The standard InChI is InChI=1S/C50H29NO/c1-2-14-30(15-3-1)46-33-18-4-6-20-35(33)47(36-21-7-5-19-34(36)46)49-48-37-22-9-12-24-41(37)50(42(48)26-27-51-49)40-23-11-8-16-31(40)38-29-45-39(28-43(38)50)32-17-10-13-25-44(32)52-45/h1-29H. The molecule has 0 saturated carbocycles. The van der Waals surface area contributed by atoms with Crippen molar-refractivity contribution in [2.45, 2.75) is 5.41 Å². The van der Waals surface area contributed by atoms with Crippen LogP contribution in [0.2, 0.25) is 0 Å². The van der Waals surface area contributed by atoms with Crippen LogP contribution >= 0.6 is 0 Å². The summed E-state index contributed by atoms with van der Waals surface area (Å²) in [6.45, 7) is 0. The maximum Gasteiger partial charge on any atom is 0.136 e. The van der Waals surface area contributed by atoms with Crippen molar-refractivity contribution in [3.63, 3.8) is 0 Å². The topological polar surface area (TPSA) is 26.0 Å². The highest BCUT2D eigenvalue weighted by Gasteiger charge is 2.52. The van der Waals surface area contributed by atoms with Crippen molar-refractivity contribution in [2.75, 3.05) is 0 Å². The van der Waals surface area contributed by atoms with Gasteiger partial charge in [0.25, 0.3) is 0 Å². The van der Waals surface area contributed by atoms with E-state index in [1.165, 1.54) is 82.7 Å². The Morgan fingerprint density at radius 3 is 1.67 bits per heavy atom. The summed E-state index contributed by atoms with van der Waals surface area (Å²) < 4.78 is 6.47. The van der Waals surface area contributed by atoms with Crippen LogP contribution in [0, 0.1) is 0 Å². The largest absolute Gasteiger partial charge is 0.456 e. The van der Waals surface area contributed by atoms with Gasteiger partial charge in [-0.2, -0.15) is 0 Å². The predicted octanol–water partition coefficient (Wildman–Crippen LogP) is 13.0. The molecule has 1 atom stereocenters. The summed E-state index contributed by atoms with van der Waals surface area (Å²) in [5, 5.41) is 7.17. The molecular weight excluding hydrogens is 631 g/mol.